The lowest BCUT2D eigenvalue weighted by atomic mass is 10.1. The highest BCUT2D eigenvalue weighted by atomic mass is 32.2. The number of sulfonamides is 1. The zero-order valence-corrected chi connectivity index (χ0v) is 21.2. The van der Waals surface area contributed by atoms with E-state index in [-0.39, 0.29) is 27.6 Å². The maximum atomic E-state index is 12.8. The first kappa shape index (κ1) is 25.9. The summed E-state index contributed by atoms with van der Waals surface area (Å²) in [4.78, 5) is 38.0. The fraction of sp³-hybridized carbons (Fsp3) is 0.208. The van der Waals surface area contributed by atoms with Gasteiger partial charge in [-0.25, -0.2) is 13.2 Å². The van der Waals surface area contributed by atoms with Gasteiger partial charge in [0.2, 0.25) is 0 Å². The Balaban J connectivity index is 1.74. The van der Waals surface area contributed by atoms with E-state index >= 15 is 0 Å². The number of benzene rings is 2. The van der Waals surface area contributed by atoms with Gasteiger partial charge in [-0.3, -0.25) is 19.6 Å². The van der Waals surface area contributed by atoms with Crippen LogP contribution in [0.1, 0.15) is 43.6 Å². The zero-order valence-electron chi connectivity index (χ0n) is 19.6. The first-order chi connectivity index (χ1) is 16.5. The van der Waals surface area contributed by atoms with Gasteiger partial charge in [0.15, 0.2) is 0 Å². The van der Waals surface area contributed by atoms with Gasteiger partial charge in [-0.15, -0.1) is 11.3 Å². The van der Waals surface area contributed by atoms with E-state index in [2.05, 4.69) is 15.4 Å². The molecule has 3 amide bonds. The Hall–Kier alpha value is -3.70. The maximum absolute atomic E-state index is 12.8. The van der Waals surface area contributed by atoms with Gasteiger partial charge in [0, 0.05) is 16.1 Å². The van der Waals surface area contributed by atoms with Crippen molar-refractivity contribution < 1.29 is 27.5 Å². The van der Waals surface area contributed by atoms with Gasteiger partial charge in [0.05, 0.1) is 17.1 Å². The average Bonchev–Trinajstić information content (AvgIpc) is 3.07. The van der Waals surface area contributed by atoms with Gasteiger partial charge in [-0.2, -0.15) is 0 Å². The van der Waals surface area contributed by atoms with Crippen LogP contribution in [0.15, 0.2) is 53.4 Å². The molecule has 0 fully saturated rings. The lowest BCUT2D eigenvalue weighted by Crippen LogP contribution is -2.31. The predicted octanol–water partition coefficient (Wildman–Crippen LogP) is 4.61. The highest BCUT2D eigenvalue weighted by molar-refractivity contribution is 7.92. The molecule has 0 spiro atoms. The molecule has 0 saturated heterocycles. The summed E-state index contributed by atoms with van der Waals surface area (Å²) < 4.78 is 32.4. The first-order valence-electron chi connectivity index (χ1n) is 10.6. The molecule has 0 aliphatic carbocycles. The summed E-state index contributed by atoms with van der Waals surface area (Å²) in [5.41, 5.74) is 2.30. The topological polar surface area (TPSA) is 131 Å². The van der Waals surface area contributed by atoms with Crippen LogP contribution in [0.4, 0.5) is 15.5 Å². The molecule has 35 heavy (non-hydrogen) atoms. The van der Waals surface area contributed by atoms with Crippen LogP contribution in [0.25, 0.3) is 0 Å². The van der Waals surface area contributed by atoms with Crippen molar-refractivity contribution >= 4 is 50.0 Å². The highest BCUT2D eigenvalue weighted by Crippen LogP contribution is 2.33. The van der Waals surface area contributed by atoms with Crippen molar-refractivity contribution in [3.05, 3.63) is 75.7 Å². The van der Waals surface area contributed by atoms with E-state index in [1.807, 2.05) is 6.92 Å². The van der Waals surface area contributed by atoms with Gasteiger partial charge in [0.25, 0.3) is 21.8 Å². The van der Waals surface area contributed by atoms with E-state index in [4.69, 9.17) is 4.74 Å². The Kier molecular flexibility index (Phi) is 7.92. The minimum atomic E-state index is -3.77. The zero-order chi connectivity index (χ0) is 25.8. The number of carbonyl (C=O) groups is 3. The van der Waals surface area contributed by atoms with Gasteiger partial charge >= 0.3 is 6.09 Å². The third kappa shape index (κ3) is 6.25. The van der Waals surface area contributed by atoms with Gasteiger partial charge in [-0.05, 0) is 69.7 Å². The number of ether oxygens (including phenoxy) is 1. The SMILES string of the molecule is CCOC(=O)NC(=O)c1c(NC(=O)c2ccc(NS(=O)(=O)c3ccc(C)cc3)cc2)sc(C)c1C. The molecule has 1 heterocycles. The van der Waals surface area contributed by atoms with Crippen LogP contribution in [0.2, 0.25) is 0 Å². The third-order valence-electron chi connectivity index (χ3n) is 5.06. The van der Waals surface area contributed by atoms with E-state index in [1.54, 1.807) is 32.9 Å². The van der Waals surface area contributed by atoms with Crippen LogP contribution in [-0.2, 0) is 14.8 Å². The lowest BCUT2D eigenvalue weighted by Gasteiger charge is -2.10. The van der Waals surface area contributed by atoms with Crippen LogP contribution >= 0.6 is 11.3 Å². The lowest BCUT2D eigenvalue weighted by molar-refractivity contribution is 0.0925. The smallest absolute Gasteiger partial charge is 0.414 e. The van der Waals surface area contributed by atoms with Crippen molar-refractivity contribution in [1.82, 2.24) is 5.32 Å². The summed E-state index contributed by atoms with van der Waals surface area (Å²) in [5.74, 6) is -1.18. The van der Waals surface area contributed by atoms with Crippen LogP contribution < -0.4 is 15.4 Å². The first-order valence-corrected chi connectivity index (χ1v) is 12.9. The Morgan fingerprint density at radius 2 is 1.54 bits per heavy atom. The second-order valence-corrected chi connectivity index (χ2v) is 10.5. The van der Waals surface area contributed by atoms with E-state index in [0.717, 1.165) is 10.4 Å². The summed E-state index contributed by atoms with van der Waals surface area (Å²) in [6.45, 7) is 7.11. The summed E-state index contributed by atoms with van der Waals surface area (Å²) in [7, 11) is -3.77. The number of anilines is 2. The van der Waals surface area contributed by atoms with E-state index in [9.17, 15) is 22.8 Å². The third-order valence-corrected chi connectivity index (χ3v) is 7.58. The number of aryl methyl sites for hydroxylation is 2. The molecule has 0 radical (unpaired) electrons. The Morgan fingerprint density at radius 3 is 2.14 bits per heavy atom. The van der Waals surface area contributed by atoms with Crippen molar-refractivity contribution in [3.8, 4) is 0 Å². The fourth-order valence-corrected chi connectivity index (χ4v) is 5.22. The van der Waals surface area contributed by atoms with Crippen LogP contribution in [0.5, 0.6) is 0 Å². The standard InChI is InChI=1S/C24H25N3O6S2/c1-5-33-24(30)26-22(29)20-15(3)16(4)34-23(20)25-21(28)17-8-10-18(11-9-17)27-35(31,32)19-12-6-14(2)7-13-19/h6-13,27H,5H2,1-4H3,(H,25,28)(H,26,29,30). The van der Waals surface area contributed by atoms with Crippen LogP contribution in [-0.4, -0.2) is 32.9 Å². The quantitative estimate of drug-likeness (QED) is 0.421. The van der Waals surface area contributed by atoms with Crippen molar-refractivity contribution in [2.24, 2.45) is 0 Å². The fourth-order valence-electron chi connectivity index (χ4n) is 3.11. The van der Waals surface area contributed by atoms with Crippen LogP contribution in [0.3, 0.4) is 0 Å². The average molecular weight is 516 g/mol. The highest BCUT2D eigenvalue weighted by Gasteiger charge is 2.23. The number of amides is 3. The maximum Gasteiger partial charge on any atom is 0.414 e. The Bertz CT molecular complexity index is 1360. The number of imide groups is 1. The summed E-state index contributed by atoms with van der Waals surface area (Å²) >= 11 is 1.21. The molecule has 3 N–H and O–H groups in total. The van der Waals surface area contributed by atoms with Crippen molar-refractivity contribution in [2.75, 3.05) is 16.6 Å². The summed E-state index contributed by atoms with van der Waals surface area (Å²) in [6.07, 6.45) is -0.873. The van der Waals surface area contributed by atoms with E-state index in [1.165, 1.54) is 47.7 Å². The summed E-state index contributed by atoms with van der Waals surface area (Å²) in [5, 5.41) is 5.13. The number of alkyl carbamates (subject to hydrolysis) is 1. The molecule has 11 heteroatoms. The second-order valence-electron chi connectivity index (χ2n) is 7.61. The normalized spacial score (nSPS) is 11.0. The Labute approximate surface area is 207 Å². The van der Waals surface area contributed by atoms with Gasteiger partial charge in [-0.1, -0.05) is 17.7 Å². The molecule has 0 unspecified atom stereocenters. The van der Waals surface area contributed by atoms with Crippen molar-refractivity contribution in [3.63, 3.8) is 0 Å². The van der Waals surface area contributed by atoms with Gasteiger partial charge < -0.3 is 10.1 Å². The molecule has 0 saturated carbocycles. The molecule has 2 aromatic carbocycles. The van der Waals surface area contributed by atoms with Gasteiger partial charge in [0.1, 0.15) is 5.00 Å². The largest absolute Gasteiger partial charge is 0.450 e. The minimum absolute atomic E-state index is 0.113. The van der Waals surface area contributed by atoms with Crippen molar-refractivity contribution in [2.45, 2.75) is 32.6 Å². The minimum Gasteiger partial charge on any atom is -0.450 e. The molecule has 0 aliphatic heterocycles. The molecule has 184 valence electrons. The predicted molar refractivity (Wildman–Crippen MR) is 135 cm³/mol. The number of thiophene rings is 1. The number of hydrogen-bond acceptors (Lipinski definition) is 7. The van der Waals surface area contributed by atoms with E-state index in [0.29, 0.717) is 11.3 Å². The Morgan fingerprint density at radius 1 is 0.914 bits per heavy atom. The second kappa shape index (κ2) is 10.7. The number of carbonyl (C=O) groups excluding carboxylic acids is 3. The molecule has 3 aromatic rings. The molecular formula is C24H25N3O6S2. The van der Waals surface area contributed by atoms with Crippen LogP contribution in [0, 0.1) is 20.8 Å². The molecule has 0 bridgehead atoms. The molecule has 0 aliphatic rings. The monoisotopic (exact) mass is 515 g/mol. The summed E-state index contributed by atoms with van der Waals surface area (Å²) in [6, 6.07) is 12.3. The molecular weight excluding hydrogens is 490 g/mol. The number of hydrogen-bond donors (Lipinski definition) is 3. The van der Waals surface area contributed by atoms with Crippen molar-refractivity contribution in [1.29, 1.82) is 0 Å². The number of rotatable bonds is 7. The molecule has 0 atom stereocenters. The number of nitrogens with one attached hydrogen (secondary N) is 3. The molecule has 3 rings (SSSR count). The molecule has 9 nitrogen and oxygen atoms in total. The van der Waals surface area contributed by atoms with E-state index < -0.39 is 27.9 Å². The molecule has 1 aromatic heterocycles.